The molecular formula is C27H30F3N3O6S2. The highest BCUT2D eigenvalue weighted by Crippen LogP contribution is 2.42. The first-order valence-corrected chi connectivity index (χ1v) is 15.3. The van der Waals surface area contributed by atoms with Gasteiger partial charge in [0.1, 0.15) is 15.7 Å². The molecule has 0 bridgehead atoms. The fourth-order valence-electron chi connectivity index (χ4n) is 5.49. The Labute approximate surface area is 239 Å². The SMILES string of the molecule is O=S1(=O)NC[C@H](O)CN(Cc2nccs2)CC2(COc3cc(-c4cccc(C(F)(F)F)c4)ccc31)C[C@@H](O)[C@@H](O)C2. The zero-order valence-electron chi connectivity index (χ0n) is 21.8. The lowest BCUT2D eigenvalue weighted by molar-refractivity contribution is -0.137. The van der Waals surface area contributed by atoms with Gasteiger partial charge in [-0.1, -0.05) is 18.2 Å². The molecule has 1 fully saturated rings. The van der Waals surface area contributed by atoms with E-state index in [9.17, 15) is 36.9 Å². The van der Waals surface area contributed by atoms with Gasteiger partial charge in [-0.2, -0.15) is 13.2 Å². The lowest BCUT2D eigenvalue weighted by atomic mass is 9.86. The Morgan fingerprint density at radius 3 is 2.51 bits per heavy atom. The second-order valence-electron chi connectivity index (χ2n) is 10.7. The maximum atomic E-state index is 13.3. The van der Waals surface area contributed by atoms with Gasteiger partial charge in [0, 0.05) is 36.6 Å². The van der Waals surface area contributed by atoms with E-state index >= 15 is 0 Å². The molecule has 0 saturated heterocycles. The number of β-amino-alcohol motifs (C(OH)–C–C–N with tert-alkyl or cyclic N) is 1. The van der Waals surface area contributed by atoms with Gasteiger partial charge in [-0.15, -0.1) is 11.3 Å². The maximum Gasteiger partial charge on any atom is 0.416 e. The van der Waals surface area contributed by atoms with E-state index in [2.05, 4.69) is 9.71 Å². The van der Waals surface area contributed by atoms with Crippen LogP contribution in [0.25, 0.3) is 11.1 Å². The standard InChI is InChI=1S/C27H30F3N3O6S2/c28-27(29,30)19-3-1-2-17(8-19)18-4-5-24-23(9-18)39-16-26(10-21(35)22(36)11-26)15-33(14-25-31-6-7-40-25)13-20(34)12-32-41(24,37)38/h1-9,20-22,32,34-36H,10-16H2/t20-,21-,22+,26?/m0/s1. The number of benzene rings is 2. The largest absolute Gasteiger partial charge is 0.492 e. The highest BCUT2D eigenvalue weighted by atomic mass is 32.2. The number of aliphatic hydroxyl groups excluding tert-OH is 3. The minimum absolute atomic E-state index is 0.0933. The van der Waals surface area contributed by atoms with Crippen LogP contribution in [0.2, 0.25) is 0 Å². The number of nitrogens with one attached hydrogen (secondary N) is 1. The number of halogens is 3. The molecule has 1 aliphatic carbocycles. The summed E-state index contributed by atoms with van der Waals surface area (Å²) < 4.78 is 75.2. The van der Waals surface area contributed by atoms with Gasteiger partial charge in [0.25, 0.3) is 0 Å². The second-order valence-corrected chi connectivity index (χ2v) is 13.4. The summed E-state index contributed by atoms with van der Waals surface area (Å²) in [5.74, 6) is -0.0933. The van der Waals surface area contributed by atoms with Crippen molar-refractivity contribution in [3.05, 3.63) is 64.6 Å². The molecule has 41 heavy (non-hydrogen) atoms. The van der Waals surface area contributed by atoms with Crippen LogP contribution in [0.1, 0.15) is 23.4 Å². The molecule has 1 aliphatic heterocycles. The average molecular weight is 614 g/mol. The van der Waals surface area contributed by atoms with Crippen molar-refractivity contribution in [2.24, 2.45) is 5.41 Å². The monoisotopic (exact) mass is 613 g/mol. The first kappa shape index (κ1) is 29.9. The highest BCUT2D eigenvalue weighted by molar-refractivity contribution is 7.89. The number of sulfonamides is 1. The number of aromatic nitrogens is 1. The normalized spacial score (nSPS) is 27.5. The predicted molar refractivity (Wildman–Crippen MR) is 145 cm³/mol. The van der Waals surface area contributed by atoms with Gasteiger partial charge in [0.15, 0.2) is 0 Å². The number of fused-ring (bicyclic) bond motifs is 1. The molecule has 0 amide bonds. The lowest BCUT2D eigenvalue weighted by Gasteiger charge is -2.36. The molecule has 4 atom stereocenters. The van der Waals surface area contributed by atoms with Crippen LogP contribution in [0.4, 0.5) is 13.2 Å². The van der Waals surface area contributed by atoms with Crippen LogP contribution in [-0.2, 0) is 22.7 Å². The summed E-state index contributed by atoms with van der Waals surface area (Å²) >= 11 is 1.42. The zero-order chi connectivity index (χ0) is 29.4. The Morgan fingerprint density at radius 1 is 1.10 bits per heavy atom. The predicted octanol–water partition coefficient (Wildman–Crippen LogP) is 2.86. The number of rotatable bonds is 3. The van der Waals surface area contributed by atoms with Gasteiger partial charge < -0.3 is 20.1 Å². The van der Waals surface area contributed by atoms with E-state index in [-0.39, 0.29) is 48.7 Å². The Hall–Kier alpha value is -2.59. The highest BCUT2D eigenvalue weighted by Gasteiger charge is 2.46. The molecule has 1 unspecified atom stereocenters. The molecule has 222 valence electrons. The van der Waals surface area contributed by atoms with E-state index in [1.165, 1.54) is 41.7 Å². The molecule has 1 aromatic heterocycles. The third-order valence-electron chi connectivity index (χ3n) is 7.40. The third kappa shape index (κ3) is 6.91. The van der Waals surface area contributed by atoms with Crippen molar-refractivity contribution in [1.82, 2.24) is 14.6 Å². The van der Waals surface area contributed by atoms with Crippen LogP contribution in [0.5, 0.6) is 5.75 Å². The molecule has 2 aromatic carbocycles. The number of hydrogen-bond acceptors (Lipinski definition) is 9. The Bertz CT molecular complexity index is 1460. The van der Waals surface area contributed by atoms with E-state index in [0.717, 1.165) is 17.1 Å². The van der Waals surface area contributed by atoms with Crippen molar-refractivity contribution < 1.29 is 41.6 Å². The van der Waals surface area contributed by atoms with E-state index < -0.39 is 45.5 Å². The molecule has 2 aliphatic rings. The zero-order valence-corrected chi connectivity index (χ0v) is 23.4. The van der Waals surface area contributed by atoms with E-state index in [1.54, 1.807) is 6.20 Å². The van der Waals surface area contributed by atoms with Crippen LogP contribution >= 0.6 is 11.3 Å². The van der Waals surface area contributed by atoms with Crippen molar-refractivity contribution in [2.45, 2.75) is 48.8 Å². The summed E-state index contributed by atoms with van der Waals surface area (Å²) in [5, 5.41) is 34.3. The smallest absolute Gasteiger partial charge is 0.416 e. The van der Waals surface area contributed by atoms with Crippen LogP contribution in [-0.4, -0.2) is 78.2 Å². The number of aliphatic hydroxyl groups is 3. The molecule has 0 radical (unpaired) electrons. The minimum Gasteiger partial charge on any atom is -0.492 e. The van der Waals surface area contributed by atoms with Crippen molar-refractivity contribution >= 4 is 21.4 Å². The summed E-state index contributed by atoms with van der Waals surface area (Å²) in [4.78, 5) is 5.96. The summed E-state index contributed by atoms with van der Waals surface area (Å²) in [5.41, 5.74) is -1.15. The van der Waals surface area contributed by atoms with Crippen LogP contribution < -0.4 is 9.46 Å². The number of hydrogen-bond donors (Lipinski definition) is 4. The van der Waals surface area contributed by atoms with Crippen molar-refractivity contribution in [3.8, 4) is 16.9 Å². The second kappa shape index (κ2) is 11.6. The summed E-state index contributed by atoms with van der Waals surface area (Å²) in [6.07, 6.45) is -5.73. The molecule has 1 spiro atoms. The molecule has 2 heterocycles. The number of alkyl halides is 3. The first-order chi connectivity index (χ1) is 19.3. The Morgan fingerprint density at radius 2 is 1.83 bits per heavy atom. The van der Waals surface area contributed by atoms with Crippen molar-refractivity contribution in [1.29, 1.82) is 0 Å². The fourth-order valence-corrected chi connectivity index (χ4v) is 7.35. The summed E-state index contributed by atoms with van der Waals surface area (Å²) in [6, 6.07) is 8.70. The quantitative estimate of drug-likeness (QED) is 0.355. The Kier molecular flexibility index (Phi) is 8.45. The molecule has 9 nitrogen and oxygen atoms in total. The molecule has 4 N–H and O–H groups in total. The van der Waals surface area contributed by atoms with Gasteiger partial charge in [0.05, 0.1) is 37.0 Å². The van der Waals surface area contributed by atoms with Crippen LogP contribution in [0.15, 0.2) is 58.9 Å². The van der Waals surface area contributed by atoms with Gasteiger partial charge in [-0.3, -0.25) is 4.90 Å². The van der Waals surface area contributed by atoms with Crippen molar-refractivity contribution in [3.63, 3.8) is 0 Å². The van der Waals surface area contributed by atoms with Gasteiger partial charge in [-0.05, 0) is 48.2 Å². The first-order valence-electron chi connectivity index (χ1n) is 12.9. The minimum atomic E-state index is -4.56. The molecule has 3 aromatic rings. The maximum absolute atomic E-state index is 13.3. The lowest BCUT2D eigenvalue weighted by Crippen LogP contribution is -2.46. The van der Waals surface area contributed by atoms with Crippen molar-refractivity contribution in [2.75, 3.05) is 26.2 Å². The molecule has 5 rings (SSSR count). The summed E-state index contributed by atoms with van der Waals surface area (Å²) in [7, 11) is -4.20. The number of ether oxygens (including phenoxy) is 1. The van der Waals surface area contributed by atoms with E-state index in [1.807, 2.05) is 10.3 Å². The topological polar surface area (TPSA) is 132 Å². The fraction of sp³-hybridized carbons (Fsp3) is 0.444. The molecular weight excluding hydrogens is 583 g/mol. The number of thiazole rings is 1. The van der Waals surface area contributed by atoms with E-state index in [0.29, 0.717) is 18.7 Å². The van der Waals surface area contributed by atoms with Gasteiger partial charge in [-0.25, -0.2) is 18.1 Å². The molecule has 1 saturated carbocycles. The molecule has 14 heteroatoms. The Balaban J connectivity index is 1.54. The number of nitrogens with zero attached hydrogens (tertiary/aromatic N) is 2. The van der Waals surface area contributed by atoms with Gasteiger partial charge in [0.2, 0.25) is 10.0 Å². The van der Waals surface area contributed by atoms with Crippen LogP contribution in [0.3, 0.4) is 0 Å². The summed E-state index contributed by atoms with van der Waals surface area (Å²) in [6.45, 7) is 0.347. The van der Waals surface area contributed by atoms with Crippen LogP contribution in [0, 0.1) is 5.41 Å². The average Bonchev–Trinajstić information content (AvgIpc) is 3.52. The van der Waals surface area contributed by atoms with Gasteiger partial charge >= 0.3 is 6.18 Å². The van der Waals surface area contributed by atoms with E-state index in [4.69, 9.17) is 4.74 Å². The third-order valence-corrected chi connectivity index (χ3v) is 9.63.